The highest BCUT2D eigenvalue weighted by Crippen LogP contribution is 2.26. The fourth-order valence-electron chi connectivity index (χ4n) is 1.47. The first-order valence-corrected chi connectivity index (χ1v) is 7.07. The minimum atomic E-state index is 0.239. The van der Waals surface area contributed by atoms with E-state index in [2.05, 4.69) is 62.1 Å². The van der Waals surface area contributed by atoms with E-state index in [0.717, 1.165) is 24.0 Å². The summed E-state index contributed by atoms with van der Waals surface area (Å²) in [5.74, 6) is 3.58. The molecular formula is C15H28N4. The number of hydrogen-bond donors (Lipinski definition) is 2. The van der Waals surface area contributed by atoms with Crippen LogP contribution in [0.3, 0.4) is 0 Å². The summed E-state index contributed by atoms with van der Waals surface area (Å²) < 4.78 is 0. The van der Waals surface area contributed by atoms with Gasteiger partial charge in [0.25, 0.3) is 0 Å². The standard InChI is InChI=1S/C15H28N4/c1-10(2)14-18-12(16-7)8-13(19-14)17-9-15(5,6)11(3)4/h8,10-11H,9H2,1-7H3,(H2,16,17,18,19). The molecule has 0 bridgehead atoms. The van der Waals surface area contributed by atoms with Gasteiger partial charge in [0.15, 0.2) is 0 Å². The number of hydrogen-bond acceptors (Lipinski definition) is 4. The molecule has 0 radical (unpaired) electrons. The fourth-order valence-corrected chi connectivity index (χ4v) is 1.47. The molecule has 0 aliphatic rings. The SMILES string of the molecule is CNc1cc(NCC(C)(C)C(C)C)nc(C(C)C)n1. The van der Waals surface area contributed by atoms with Gasteiger partial charge in [0, 0.05) is 25.6 Å². The number of anilines is 2. The van der Waals surface area contributed by atoms with E-state index in [9.17, 15) is 0 Å². The molecule has 1 aromatic rings. The lowest BCUT2D eigenvalue weighted by atomic mass is 9.81. The molecular weight excluding hydrogens is 236 g/mol. The van der Waals surface area contributed by atoms with Gasteiger partial charge in [0.05, 0.1) is 0 Å². The molecule has 4 nitrogen and oxygen atoms in total. The zero-order valence-corrected chi connectivity index (χ0v) is 13.3. The summed E-state index contributed by atoms with van der Waals surface area (Å²) in [6, 6.07) is 1.96. The van der Waals surface area contributed by atoms with Crippen molar-refractivity contribution in [1.29, 1.82) is 0 Å². The molecule has 0 aliphatic heterocycles. The Hall–Kier alpha value is -1.32. The Morgan fingerprint density at radius 2 is 1.68 bits per heavy atom. The van der Waals surface area contributed by atoms with Gasteiger partial charge in [0.1, 0.15) is 17.5 Å². The molecule has 0 saturated heterocycles. The van der Waals surface area contributed by atoms with Gasteiger partial charge in [-0.05, 0) is 11.3 Å². The predicted molar refractivity (Wildman–Crippen MR) is 82.8 cm³/mol. The van der Waals surface area contributed by atoms with Crippen molar-refractivity contribution < 1.29 is 0 Å². The van der Waals surface area contributed by atoms with Gasteiger partial charge in [-0.25, -0.2) is 9.97 Å². The van der Waals surface area contributed by atoms with Crippen molar-refractivity contribution in [2.75, 3.05) is 24.2 Å². The average Bonchev–Trinajstić information content (AvgIpc) is 2.35. The molecule has 0 saturated carbocycles. The van der Waals surface area contributed by atoms with Crippen molar-refractivity contribution in [1.82, 2.24) is 9.97 Å². The molecule has 0 fully saturated rings. The Morgan fingerprint density at radius 1 is 1.11 bits per heavy atom. The lowest BCUT2D eigenvalue weighted by Crippen LogP contribution is -2.29. The van der Waals surface area contributed by atoms with Gasteiger partial charge in [-0.1, -0.05) is 41.5 Å². The molecule has 1 heterocycles. The predicted octanol–water partition coefficient (Wildman–Crippen LogP) is 3.74. The van der Waals surface area contributed by atoms with Crippen molar-refractivity contribution in [2.45, 2.75) is 47.5 Å². The molecule has 4 heteroatoms. The first kappa shape index (κ1) is 15.7. The Bertz CT molecular complexity index is 411. The van der Waals surface area contributed by atoms with Crippen molar-refractivity contribution in [3.05, 3.63) is 11.9 Å². The van der Waals surface area contributed by atoms with Gasteiger partial charge in [-0.3, -0.25) is 0 Å². The van der Waals surface area contributed by atoms with Crippen molar-refractivity contribution in [2.24, 2.45) is 11.3 Å². The molecule has 19 heavy (non-hydrogen) atoms. The Labute approximate surface area is 117 Å². The zero-order chi connectivity index (χ0) is 14.6. The van der Waals surface area contributed by atoms with Gasteiger partial charge in [-0.15, -0.1) is 0 Å². The summed E-state index contributed by atoms with van der Waals surface area (Å²) in [5.41, 5.74) is 0.239. The molecule has 108 valence electrons. The van der Waals surface area contributed by atoms with E-state index in [-0.39, 0.29) is 5.41 Å². The van der Waals surface area contributed by atoms with Crippen LogP contribution >= 0.6 is 0 Å². The molecule has 0 aliphatic carbocycles. The number of nitrogens with zero attached hydrogens (tertiary/aromatic N) is 2. The van der Waals surface area contributed by atoms with E-state index in [4.69, 9.17) is 0 Å². The third kappa shape index (κ3) is 4.37. The summed E-state index contributed by atoms with van der Waals surface area (Å²) in [6.07, 6.45) is 0. The molecule has 0 amide bonds. The second-order valence-electron chi connectivity index (χ2n) is 6.40. The van der Waals surface area contributed by atoms with Gasteiger partial charge in [0.2, 0.25) is 0 Å². The van der Waals surface area contributed by atoms with E-state index < -0.39 is 0 Å². The first-order chi connectivity index (χ1) is 8.76. The van der Waals surface area contributed by atoms with Crippen LogP contribution in [-0.2, 0) is 0 Å². The molecule has 0 spiro atoms. The van der Waals surface area contributed by atoms with E-state index >= 15 is 0 Å². The lowest BCUT2D eigenvalue weighted by molar-refractivity contribution is 0.269. The largest absolute Gasteiger partial charge is 0.373 e. The van der Waals surface area contributed by atoms with Crippen molar-refractivity contribution >= 4 is 11.6 Å². The molecule has 1 aromatic heterocycles. The van der Waals surface area contributed by atoms with Crippen LogP contribution in [0.25, 0.3) is 0 Å². The fraction of sp³-hybridized carbons (Fsp3) is 0.733. The van der Waals surface area contributed by atoms with E-state index in [1.807, 2.05) is 13.1 Å². The van der Waals surface area contributed by atoms with E-state index in [0.29, 0.717) is 11.8 Å². The summed E-state index contributed by atoms with van der Waals surface area (Å²) in [6.45, 7) is 14.2. The van der Waals surface area contributed by atoms with Crippen LogP contribution in [0.15, 0.2) is 6.07 Å². The third-order valence-electron chi connectivity index (χ3n) is 3.80. The molecule has 0 atom stereocenters. The normalized spacial score (nSPS) is 12.1. The highest BCUT2D eigenvalue weighted by Gasteiger charge is 2.22. The highest BCUT2D eigenvalue weighted by molar-refractivity contribution is 5.47. The van der Waals surface area contributed by atoms with E-state index in [1.54, 1.807) is 0 Å². The average molecular weight is 264 g/mol. The molecule has 0 aromatic carbocycles. The summed E-state index contributed by atoms with van der Waals surface area (Å²) in [5, 5.41) is 6.54. The van der Waals surface area contributed by atoms with Crippen LogP contribution in [0.2, 0.25) is 0 Å². The van der Waals surface area contributed by atoms with Crippen LogP contribution in [0, 0.1) is 11.3 Å². The Morgan fingerprint density at radius 3 is 2.16 bits per heavy atom. The minimum absolute atomic E-state index is 0.239. The Balaban J connectivity index is 2.86. The maximum absolute atomic E-state index is 4.58. The summed E-state index contributed by atoms with van der Waals surface area (Å²) in [7, 11) is 1.88. The van der Waals surface area contributed by atoms with Crippen LogP contribution < -0.4 is 10.6 Å². The monoisotopic (exact) mass is 264 g/mol. The lowest BCUT2D eigenvalue weighted by Gasteiger charge is -2.29. The number of nitrogens with one attached hydrogen (secondary N) is 2. The smallest absolute Gasteiger partial charge is 0.135 e. The Kier molecular flexibility index (Phi) is 5.15. The first-order valence-electron chi connectivity index (χ1n) is 7.07. The number of aromatic nitrogens is 2. The van der Waals surface area contributed by atoms with Crippen molar-refractivity contribution in [3.63, 3.8) is 0 Å². The molecule has 0 unspecified atom stereocenters. The van der Waals surface area contributed by atoms with Crippen LogP contribution in [0.5, 0.6) is 0 Å². The second kappa shape index (κ2) is 6.22. The highest BCUT2D eigenvalue weighted by atomic mass is 15.1. The van der Waals surface area contributed by atoms with E-state index in [1.165, 1.54) is 0 Å². The molecule has 1 rings (SSSR count). The summed E-state index contributed by atoms with van der Waals surface area (Å²) in [4.78, 5) is 9.05. The maximum Gasteiger partial charge on any atom is 0.135 e. The van der Waals surface area contributed by atoms with Gasteiger partial charge >= 0.3 is 0 Å². The number of rotatable bonds is 6. The van der Waals surface area contributed by atoms with Crippen LogP contribution in [0.4, 0.5) is 11.6 Å². The third-order valence-corrected chi connectivity index (χ3v) is 3.80. The maximum atomic E-state index is 4.58. The van der Waals surface area contributed by atoms with Gasteiger partial charge in [-0.2, -0.15) is 0 Å². The summed E-state index contributed by atoms with van der Waals surface area (Å²) >= 11 is 0. The van der Waals surface area contributed by atoms with Crippen molar-refractivity contribution in [3.8, 4) is 0 Å². The quantitative estimate of drug-likeness (QED) is 0.822. The topological polar surface area (TPSA) is 49.8 Å². The second-order valence-corrected chi connectivity index (χ2v) is 6.40. The minimum Gasteiger partial charge on any atom is -0.373 e. The van der Waals surface area contributed by atoms with Gasteiger partial charge < -0.3 is 10.6 Å². The zero-order valence-electron chi connectivity index (χ0n) is 13.3. The van der Waals surface area contributed by atoms with Crippen LogP contribution in [0.1, 0.15) is 53.3 Å². The van der Waals surface area contributed by atoms with Crippen LogP contribution in [-0.4, -0.2) is 23.6 Å². The molecule has 2 N–H and O–H groups in total.